The van der Waals surface area contributed by atoms with Crippen LogP contribution in [0.4, 0.5) is 0 Å². The summed E-state index contributed by atoms with van der Waals surface area (Å²) in [4.78, 5) is 35.4. The molecule has 0 radical (unpaired) electrons. The number of phosphoric ester groups is 1. The number of esters is 2. The topological polar surface area (TPSA) is 134 Å². The van der Waals surface area contributed by atoms with Crippen molar-refractivity contribution in [2.45, 2.75) is 302 Å². The van der Waals surface area contributed by atoms with E-state index in [1.165, 1.54) is 116 Å². The first-order chi connectivity index (χ1) is 46.8. The Kier molecular flexibility index (Phi) is 73.6. The van der Waals surface area contributed by atoms with Crippen molar-refractivity contribution < 1.29 is 37.6 Å². The molecule has 0 saturated heterocycles. The standard InChI is InChI=1S/C85H138NO8P/c1-3-5-7-9-11-13-15-17-19-21-23-25-27-29-31-33-35-37-39-40-41-42-44-46-48-50-52-54-56-58-60-62-64-66-68-70-72-74-76-78-85(88)94-83(82-93-95(89,90)92-80-79-86)81-91-84(87)77-75-73-71-69-67-65-63-61-59-57-55-53-51-49-47-45-43-38-36-34-32-30-28-26-24-22-20-18-16-14-12-10-8-6-4-2/h5-8,11-14,17-20,23-26,29-32,35-38,40-41,44,46,50,52,56,58,83H,3-4,9-10,15-16,21-22,27-28,33-34,39,42-43,45,47-49,51,53-55,57,59-82,86H2,1-2H3,(H,89,90)/b7-5-,8-6-,13-11-,14-12-,19-17-,20-18-,25-23-,26-24-,31-29-,32-30-,37-35-,38-36-,41-40-,46-44-,52-50-,58-56-. The number of carbonyl (C=O) groups is 2. The summed E-state index contributed by atoms with van der Waals surface area (Å²) in [5, 5.41) is 0. The number of ether oxygens (including phenoxy) is 2. The van der Waals surface area contributed by atoms with E-state index in [9.17, 15) is 19.0 Å². The molecule has 10 heteroatoms. The largest absolute Gasteiger partial charge is 0.472 e. The first-order valence-electron chi connectivity index (χ1n) is 37.9. The van der Waals surface area contributed by atoms with Gasteiger partial charge < -0.3 is 20.1 Å². The van der Waals surface area contributed by atoms with Crippen molar-refractivity contribution in [2.24, 2.45) is 5.73 Å². The fraction of sp³-hybridized carbons (Fsp3) is 0.600. The maximum absolute atomic E-state index is 12.8. The van der Waals surface area contributed by atoms with Gasteiger partial charge in [0, 0.05) is 19.4 Å². The first kappa shape index (κ1) is 89.8. The van der Waals surface area contributed by atoms with E-state index in [4.69, 9.17) is 24.3 Å². The van der Waals surface area contributed by atoms with E-state index in [-0.39, 0.29) is 38.6 Å². The van der Waals surface area contributed by atoms with Crippen LogP contribution in [0.3, 0.4) is 0 Å². The van der Waals surface area contributed by atoms with Crippen molar-refractivity contribution in [3.05, 3.63) is 194 Å². The van der Waals surface area contributed by atoms with Crippen molar-refractivity contribution in [1.29, 1.82) is 0 Å². The van der Waals surface area contributed by atoms with Crippen LogP contribution in [0.2, 0.25) is 0 Å². The highest BCUT2D eigenvalue weighted by molar-refractivity contribution is 7.47. The van der Waals surface area contributed by atoms with Crippen LogP contribution in [0, 0.1) is 0 Å². The summed E-state index contributed by atoms with van der Waals surface area (Å²) in [5.74, 6) is -0.842. The Balaban J connectivity index is 3.94. The van der Waals surface area contributed by atoms with Gasteiger partial charge in [-0.1, -0.05) is 337 Å². The lowest BCUT2D eigenvalue weighted by molar-refractivity contribution is -0.161. The van der Waals surface area contributed by atoms with Crippen LogP contribution in [-0.4, -0.2) is 49.3 Å². The van der Waals surface area contributed by atoms with Crippen molar-refractivity contribution >= 4 is 19.8 Å². The highest BCUT2D eigenvalue weighted by Gasteiger charge is 2.26. The minimum atomic E-state index is -4.41. The predicted octanol–water partition coefficient (Wildman–Crippen LogP) is 25.6. The third kappa shape index (κ3) is 77.7. The van der Waals surface area contributed by atoms with Gasteiger partial charge in [0.25, 0.3) is 0 Å². The van der Waals surface area contributed by atoms with Gasteiger partial charge in [0.2, 0.25) is 0 Å². The third-order valence-corrected chi connectivity index (χ3v) is 16.5. The summed E-state index contributed by atoms with van der Waals surface area (Å²) >= 11 is 0. The van der Waals surface area contributed by atoms with Crippen molar-refractivity contribution in [1.82, 2.24) is 0 Å². The van der Waals surface area contributed by atoms with Gasteiger partial charge in [-0.25, -0.2) is 4.57 Å². The van der Waals surface area contributed by atoms with E-state index in [1.54, 1.807) is 0 Å². The fourth-order valence-electron chi connectivity index (χ4n) is 9.96. The molecule has 2 unspecified atom stereocenters. The molecule has 0 rings (SSSR count). The molecule has 0 aromatic carbocycles. The van der Waals surface area contributed by atoms with E-state index in [1.807, 2.05) is 0 Å². The summed E-state index contributed by atoms with van der Waals surface area (Å²) < 4.78 is 33.2. The van der Waals surface area contributed by atoms with Crippen LogP contribution in [0.15, 0.2) is 194 Å². The lowest BCUT2D eigenvalue weighted by Gasteiger charge is -2.19. The molecule has 0 saturated carbocycles. The molecule has 0 spiro atoms. The van der Waals surface area contributed by atoms with Crippen LogP contribution in [0.1, 0.15) is 296 Å². The van der Waals surface area contributed by atoms with Crippen LogP contribution in [-0.2, 0) is 32.7 Å². The van der Waals surface area contributed by atoms with E-state index in [0.717, 1.165) is 148 Å². The normalized spacial score (nSPS) is 14.0. The first-order valence-corrected chi connectivity index (χ1v) is 39.4. The maximum atomic E-state index is 12.8. The second kappa shape index (κ2) is 77.9. The molecule has 0 amide bonds. The minimum absolute atomic E-state index is 0.0437. The molecular formula is C85H138NO8P. The van der Waals surface area contributed by atoms with Crippen LogP contribution < -0.4 is 5.73 Å². The van der Waals surface area contributed by atoms with Crippen LogP contribution >= 0.6 is 7.82 Å². The van der Waals surface area contributed by atoms with E-state index in [0.29, 0.717) is 6.42 Å². The maximum Gasteiger partial charge on any atom is 0.472 e. The van der Waals surface area contributed by atoms with Gasteiger partial charge in [0.05, 0.1) is 13.2 Å². The Bertz CT molecular complexity index is 2270. The lowest BCUT2D eigenvalue weighted by Crippen LogP contribution is -2.29. The average Bonchev–Trinajstić information content (AvgIpc) is 3.16. The van der Waals surface area contributed by atoms with Gasteiger partial charge in [-0.2, -0.15) is 0 Å². The summed E-state index contributed by atoms with van der Waals surface area (Å²) in [6, 6.07) is 0. The Morgan fingerprint density at radius 1 is 0.316 bits per heavy atom. The second-order valence-electron chi connectivity index (χ2n) is 24.4. The third-order valence-electron chi connectivity index (χ3n) is 15.5. The second-order valence-corrected chi connectivity index (χ2v) is 25.9. The molecule has 0 aliphatic carbocycles. The van der Waals surface area contributed by atoms with E-state index >= 15 is 0 Å². The highest BCUT2D eigenvalue weighted by atomic mass is 31.2. The minimum Gasteiger partial charge on any atom is -0.462 e. The van der Waals surface area contributed by atoms with Crippen LogP contribution in [0.5, 0.6) is 0 Å². The molecule has 0 aromatic heterocycles. The molecular weight excluding hydrogens is 1190 g/mol. The van der Waals surface area contributed by atoms with Gasteiger partial charge in [-0.05, 0) is 141 Å². The van der Waals surface area contributed by atoms with Crippen LogP contribution in [0.25, 0.3) is 0 Å². The number of allylic oxidation sites excluding steroid dienone is 32. The van der Waals surface area contributed by atoms with E-state index in [2.05, 4.69) is 208 Å². The molecule has 0 aromatic rings. The molecule has 2 atom stereocenters. The number of rotatable bonds is 69. The molecule has 0 aliphatic rings. The number of hydrogen-bond donors (Lipinski definition) is 2. The molecule has 9 nitrogen and oxygen atoms in total. The number of carbonyl (C=O) groups excluding carboxylic acids is 2. The number of unbranched alkanes of at least 4 members (excludes halogenated alkanes) is 24. The molecule has 3 N–H and O–H groups in total. The molecule has 0 fully saturated rings. The van der Waals surface area contributed by atoms with Gasteiger partial charge >= 0.3 is 19.8 Å². The quantitative estimate of drug-likeness (QED) is 0.0264. The SMILES string of the molecule is CC/C=C\C/C=C\C/C=C\C/C=C\C/C=C\C/C=C\C/C=C\C/C=C\C/C=C\C/C=C\CCCCCCCCCCC(=O)OC(COC(=O)CCCCCCCCCCCCCCCCCC/C=C\C/C=C\C/C=C\C/C=C\C/C=C\C/C=C\CC)COP(=O)(O)OCCN. The molecule has 536 valence electrons. The Morgan fingerprint density at radius 3 is 0.811 bits per heavy atom. The number of nitrogens with two attached hydrogens (primary N) is 1. The zero-order valence-electron chi connectivity index (χ0n) is 60.3. The van der Waals surface area contributed by atoms with Crippen molar-refractivity contribution in [3.8, 4) is 0 Å². The zero-order valence-corrected chi connectivity index (χ0v) is 61.2. The van der Waals surface area contributed by atoms with Gasteiger partial charge in [0.15, 0.2) is 6.10 Å². The van der Waals surface area contributed by atoms with Crippen molar-refractivity contribution in [2.75, 3.05) is 26.4 Å². The Morgan fingerprint density at radius 2 is 0.547 bits per heavy atom. The summed E-state index contributed by atoms with van der Waals surface area (Å²) in [7, 11) is -4.41. The summed E-state index contributed by atoms with van der Waals surface area (Å²) in [5.41, 5.74) is 5.41. The summed E-state index contributed by atoms with van der Waals surface area (Å²) in [6.45, 7) is 3.51. The average molecular weight is 1330 g/mol. The van der Waals surface area contributed by atoms with E-state index < -0.39 is 26.5 Å². The Hall–Kier alpha value is -5.15. The monoisotopic (exact) mass is 1330 g/mol. The van der Waals surface area contributed by atoms with Gasteiger partial charge in [0.1, 0.15) is 6.61 Å². The lowest BCUT2D eigenvalue weighted by atomic mass is 10.0. The predicted molar refractivity (Wildman–Crippen MR) is 412 cm³/mol. The number of hydrogen-bond acceptors (Lipinski definition) is 8. The molecule has 0 heterocycles. The molecule has 95 heavy (non-hydrogen) atoms. The highest BCUT2D eigenvalue weighted by Crippen LogP contribution is 2.43. The Labute approximate surface area is 583 Å². The smallest absolute Gasteiger partial charge is 0.462 e. The summed E-state index contributed by atoms with van der Waals surface area (Å²) in [6.07, 6.45) is 118. The molecule has 0 bridgehead atoms. The zero-order chi connectivity index (χ0) is 68.6. The fourth-order valence-corrected chi connectivity index (χ4v) is 10.7. The van der Waals surface area contributed by atoms with Gasteiger partial charge in [-0.15, -0.1) is 0 Å². The van der Waals surface area contributed by atoms with Gasteiger partial charge in [-0.3, -0.25) is 18.6 Å². The number of phosphoric acid groups is 1. The molecule has 0 aliphatic heterocycles. The van der Waals surface area contributed by atoms with Crippen molar-refractivity contribution in [3.63, 3.8) is 0 Å².